The maximum Gasteiger partial charge on any atom is 0.307 e. The first kappa shape index (κ1) is 18.8. The van der Waals surface area contributed by atoms with Gasteiger partial charge in [-0.15, -0.1) is 0 Å². The summed E-state index contributed by atoms with van der Waals surface area (Å²) in [6.45, 7) is 0. The van der Waals surface area contributed by atoms with Crippen molar-refractivity contribution in [2.45, 2.75) is 18.9 Å². The van der Waals surface area contributed by atoms with Gasteiger partial charge in [0, 0.05) is 5.02 Å². The number of carbonyl (C=O) groups is 2. The number of rotatable bonds is 7. The predicted molar refractivity (Wildman–Crippen MR) is 95.7 cm³/mol. The van der Waals surface area contributed by atoms with Crippen LogP contribution in [0.5, 0.6) is 5.75 Å². The van der Waals surface area contributed by atoms with Crippen molar-refractivity contribution in [1.29, 1.82) is 0 Å². The van der Waals surface area contributed by atoms with Crippen molar-refractivity contribution in [2.24, 2.45) is 0 Å². The highest BCUT2D eigenvalue weighted by Gasteiger charge is 2.19. The summed E-state index contributed by atoms with van der Waals surface area (Å²) in [6.07, 6.45) is 0.171. The van der Waals surface area contributed by atoms with Crippen LogP contribution in [0.3, 0.4) is 0 Å². The summed E-state index contributed by atoms with van der Waals surface area (Å²) in [7, 11) is 2.89. The Labute approximate surface area is 151 Å². The first-order chi connectivity index (χ1) is 12.0. The highest BCUT2D eigenvalue weighted by Crippen LogP contribution is 2.22. The fourth-order valence-corrected chi connectivity index (χ4v) is 2.60. The lowest BCUT2D eigenvalue weighted by atomic mass is 10.0. The number of halogens is 1. The molecule has 0 aromatic heterocycles. The van der Waals surface area contributed by atoms with Gasteiger partial charge in [0.2, 0.25) is 5.91 Å². The molecule has 0 radical (unpaired) electrons. The molecule has 0 spiro atoms. The Kier molecular flexibility index (Phi) is 6.83. The van der Waals surface area contributed by atoms with Gasteiger partial charge in [-0.1, -0.05) is 41.9 Å². The third-order valence-electron chi connectivity index (χ3n) is 3.76. The van der Waals surface area contributed by atoms with Crippen LogP contribution in [0, 0.1) is 0 Å². The van der Waals surface area contributed by atoms with Gasteiger partial charge in [-0.05, 0) is 29.3 Å². The van der Waals surface area contributed by atoms with Gasteiger partial charge in [-0.3, -0.25) is 9.59 Å². The number of esters is 1. The maximum absolute atomic E-state index is 12.4. The fourth-order valence-electron chi connectivity index (χ4n) is 2.40. The molecule has 0 heterocycles. The van der Waals surface area contributed by atoms with Crippen molar-refractivity contribution < 1.29 is 19.1 Å². The topological polar surface area (TPSA) is 64.6 Å². The van der Waals surface area contributed by atoms with E-state index in [1.807, 2.05) is 18.2 Å². The second kappa shape index (κ2) is 9.08. The highest BCUT2D eigenvalue weighted by atomic mass is 35.5. The van der Waals surface area contributed by atoms with E-state index < -0.39 is 12.0 Å². The minimum absolute atomic E-state index is 0.0388. The molecule has 6 heteroatoms. The first-order valence-corrected chi connectivity index (χ1v) is 8.14. The smallest absolute Gasteiger partial charge is 0.307 e. The van der Waals surface area contributed by atoms with Gasteiger partial charge in [0.15, 0.2) is 0 Å². The lowest BCUT2D eigenvalue weighted by molar-refractivity contribution is -0.141. The van der Waals surface area contributed by atoms with Crippen LogP contribution < -0.4 is 10.1 Å². The number of ether oxygens (including phenoxy) is 2. The standard InChI is InChI=1S/C19H20ClNO4/c1-24-15-9-7-13(8-10-15)17(12-19(23)25-2)21-18(22)11-14-5-3-4-6-16(14)20/h3-10,17H,11-12H2,1-2H3,(H,21,22). The minimum Gasteiger partial charge on any atom is -0.497 e. The summed E-state index contributed by atoms with van der Waals surface area (Å²) in [6, 6.07) is 13.8. The van der Waals surface area contributed by atoms with Crippen LogP contribution in [0.4, 0.5) is 0 Å². The summed E-state index contributed by atoms with van der Waals surface area (Å²) in [5.41, 5.74) is 1.52. The minimum atomic E-state index is -0.492. The van der Waals surface area contributed by atoms with Crippen molar-refractivity contribution in [1.82, 2.24) is 5.32 Å². The molecule has 132 valence electrons. The molecular weight excluding hydrogens is 342 g/mol. The summed E-state index contributed by atoms with van der Waals surface area (Å²) in [5.74, 6) is 0.0691. The van der Waals surface area contributed by atoms with E-state index in [-0.39, 0.29) is 18.7 Å². The molecule has 0 aliphatic heterocycles. The van der Waals surface area contributed by atoms with Crippen LogP contribution in [0.1, 0.15) is 23.6 Å². The van der Waals surface area contributed by atoms with Crippen LogP contribution in [0.15, 0.2) is 48.5 Å². The summed E-state index contributed by atoms with van der Waals surface area (Å²) in [5, 5.41) is 3.41. The molecule has 1 unspecified atom stereocenters. The zero-order valence-corrected chi connectivity index (χ0v) is 14.9. The van der Waals surface area contributed by atoms with E-state index in [0.29, 0.717) is 10.8 Å². The summed E-state index contributed by atoms with van der Waals surface area (Å²) >= 11 is 6.09. The van der Waals surface area contributed by atoms with E-state index in [0.717, 1.165) is 11.1 Å². The quantitative estimate of drug-likeness (QED) is 0.768. The predicted octanol–water partition coefficient (Wildman–Crippen LogP) is 3.31. The molecule has 0 aliphatic carbocycles. The molecule has 2 aromatic carbocycles. The molecule has 0 fully saturated rings. The Morgan fingerprint density at radius 1 is 1.08 bits per heavy atom. The van der Waals surface area contributed by atoms with Gasteiger partial charge in [-0.25, -0.2) is 0 Å². The third-order valence-corrected chi connectivity index (χ3v) is 4.13. The zero-order valence-electron chi connectivity index (χ0n) is 14.1. The molecule has 0 aliphatic rings. The number of amides is 1. The maximum atomic E-state index is 12.4. The van der Waals surface area contributed by atoms with Crippen molar-refractivity contribution in [3.8, 4) is 5.75 Å². The van der Waals surface area contributed by atoms with Crippen molar-refractivity contribution in [3.63, 3.8) is 0 Å². The molecule has 0 saturated carbocycles. The van der Waals surface area contributed by atoms with Crippen LogP contribution >= 0.6 is 11.6 Å². The van der Waals surface area contributed by atoms with Crippen LogP contribution in [-0.2, 0) is 20.7 Å². The normalized spacial score (nSPS) is 11.5. The van der Waals surface area contributed by atoms with E-state index in [9.17, 15) is 9.59 Å². The molecule has 2 aromatic rings. The average molecular weight is 362 g/mol. The molecule has 0 bridgehead atoms. The Morgan fingerprint density at radius 3 is 2.36 bits per heavy atom. The third kappa shape index (κ3) is 5.50. The van der Waals surface area contributed by atoms with Gasteiger partial charge in [0.25, 0.3) is 0 Å². The molecule has 5 nitrogen and oxygen atoms in total. The van der Waals surface area contributed by atoms with E-state index in [1.54, 1.807) is 37.4 Å². The largest absolute Gasteiger partial charge is 0.497 e. The van der Waals surface area contributed by atoms with Crippen molar-refractivity contribution in [3.05, 3.63) is 64.7 Å². The molecule has 1 amide bonds. The highest BCUT2D eigenvalue weighted by molar-refractivity contribution is 6.31. The number of carbonyl (C=O) groups excluding carboxylic acids is 2. The number of methoxy groups -OCH3 is 2. The van der Waals surface area contributed by atoms with Gasteiger partial charge in [0.05, 0.1) is 33.1 Å². The average Bonchev–Trinajstić information content (AvgIpc) is 2.63. The SMILES string of the molecule is COC(=O)CC(NC(=O)Cc1ccccc1Cl)c1ccc(OC)cc1. The molecule has 2 rings (SSSR count). The Hall–Kier alpha value is -2.53. The summed E-state index contributed by atoms with van der Waals surface area (Å²) < 4.78 is 9.86. The lowest BCUT2D eigenvalue weighted by Gasteiger charge is -2.19. The molecular formula is C19H20ClNO4. The fraction of sp³-hybridized carbons (Fsp3) is 0.263. The number of benzene rings is 2. The van der Waals surface area contributed by atoms with E-state index >= 15 is 0 Å². The number of hydrogen-bond acceptors (Lipinski definition) is 4. The first-order valence-electron chi connectivity index (χ1n) is 7.77. The molecule has 1 atom stereocenters. The van der Waals surface area contributed by atoms with E-state index in [4.69, 9.17) is 21.1 Å². The Bertz CT molecular complexity index is 730. The van der Waals surface area contributed by atoms with Crippen LogP contribution in [0.25, 0.3) is 0 Å². The summed E-state index contributed by atoms with van der Waals surface area (Å²) in [4.78, 5) is 24.1. The van der Waals surface area contributed by atoms with Crippen LogP contribution in [0.2, 0.25) is 5.02 Å². The Morgan fingerprint density at radius 2 is 1.76 bits per heavy atom. The Balaban J connectivity index is 2.13. The lowest BCUT2D eigenvalue weighted by Crippen LogP contribution is -2.31. The van der Waals surface area contributed by atoms with Crippen LogP contribution in [-0.4, -0.2) is 26.1 Å². The second-order valence-electron chi connectivity index (χ2n) is 5.44. The second-order valence-corrected chi connectivity index (χ2v) is 5.85. The van der Waals surface area contributed by atoms with Gasteiger partial charge >= 0.3 is 5.97 Å². The number of hydrogen-bond donors (Lipinski definition) is 1. The van der Waals surface area contributed by atoms with Gasteiger partial charge < -0.3 is 14.8 Å². The van der Waals surface area contributed by atoms with Crippen molar-refractivity contribution in [2.75, 3.05) is 14.2 Å². The molecule has 1 N–H and O–H groups in total. The van der Waals surface area contributed by atoms with E-state index in [2.05, 4.69) is 5.32 Å². The zero-order chi connectivity index (χ0) is 18.2. The number of nitrogens with one attached hydrogen (secondary N) is 1. The van der Waals surface area contributed by atoms with Gasteiger partial charge in [-0.2, -0.15) is 0 Å². The van der Waals surface area contributed by atoms with E-state index in [1.165, 1.54) is 7.11 Å². The molecule has 25 heavy (non-hydrogen) atoms. The van der Waals surface area contributed by atoms with Gasteiger partial charge in [0.1, 0.15) is 5.75 Å². The van der Waals surface area contributed by atoms with Crippen molar-refractivity contribution >= 4 is 23.5 Å². The molecule has 0 saturated heterocycles. The monoisotopic (exact) mass is 361 g/mol.